The van der Waals surface area contributed by atoms with Crippen LogP contribution in [0.5, 0.6) is 0 Å². The standard InChI is InChI=1S/C16H12ClFN2/c17-13-5-3-6-14(18)16(13)19-10-12-9-8-11-4-1-2-7-15(11)20-12/h1-9,19H,10H2. The summed E-state index contributed by atoms with van der Waals surface area (Å²) >= 11 is 5.97. The van der Waals surface area contributed by atoms with Gasteiger partial charge in [0.15, 0.2) is 0 Å². The van der Waals surface area contributed by atoms with Crippen molar-refractivity contribution in [3.8, 4) is 0 Å². The second kappa shape index (κ2) is 5.47. The second-order valence-corrected chi connectivity index (χ2v) is 4.85. The van der Waals surface area contributed by atoms with E-state index in [4.69, 9.17) is 11.6 Å². The smallest absolute Gasteiger partial charge is 0.147 e. The Bertz CT molecular complexity index is 738. The molecule has 0 spiro atoms. The Balaban J connectivity index is 1.83. The summed E-state index contributed by atoms with van der Waals surface area (Å²) in [5, 5.41) is 4.44. The van der Waals surface area contributed by atoms with E-state index in [9.17, 15) is 4.39 Å². The summed E-state index contributed by atoms with van der Waals surface area (Å²) < 4.78 is 13.6. The molecule has 0 saturated heterocycles. The van der Waals surface area contributed by atoms with Crippen molar-refractivity contribution in [2.45, 2.75) is 6.54 Å². The third kappa shape index (κ3) is 2.58. The number of hydrogen-bond acceptors (Lipinski definition) is 2. The predicted molar refractivity (Wildman–Crippen MR) is 80.5 cm³/mol. The molecule has 0 bridgehead atoms. The van der Waals surface area contributed by atoms with Gasteiger partial charge in [-0.25, -0.2) is 4.39 Å². The van der Waals surface area contributed by atoms with Gasteiger partial charge in [-0.1, -0.05) is 41.9 Å². The van der Waals surface area contributed by atoms with E-state index in [1.165, 1.54) is 6.07 Å². The molecule has 0 radical (unpaired) electrons. The van der Waals surface area contributed by atoms with Gasteiger partial charge in [-0.3, -0.25) is 4.98 Å². The van der Waals surface area contributed by atoms with Gasteiger partial charge in [-0.05, 0) is 24.3 Å². The number of para-hydroxylation sites is 2. The lowest BCUT2D eigenvalue weighted by Crippen LogP contribution is -2.03. The molecule has 0 aliphatic heterocycles. The van der Waals surface area contributed by atoms with E-state index in [2.05, 4.69) is 10.3 Å². The van der Waals surface area contributed by atoms with Crippen molar-refractivity contribution in [3.63, 3.8) is 0 Å². The van der Waals surface area contributed by atoms with E-state index >= 15 is 0 Å². The van der Waals surface area contributed by atoms with Crippen LogP contribution in [0.1, 0.15) is 5.69 Å². The van der Waals surface area contributed by atoms with Gasteiger partial charge < -0.3 is 5.32 Å². The van der Waals surface area contributed by atoms with Crippen molar-refractivity contribution in [1.82, 2.24) is 4.98 Å². The molecule has 0 fully saturated rings. The molecule has 4 heteroatoms. The lowest BCUT2D eigenvalue weighted by atomic mass is 10.2. The molecule has 0 unspecified atom stereocenters. The van der Waals surface area contributed by atoms with Crippen LogP contribution in [0.15, 0.2) is 54.6 Å². The fraction of sp³-hybridized carbons (Fsp3) is 0.0625. The second-order valence-electron chi connectivity index (χ2n) is 4.45. The van der Waals surface area contributed by atoms with Crippen LogP contribution < -0.4 is 5.32 Å². The van der Waals surface area contributed by atoms with Crippen LogP contribution in [0, 0.1) is 5.82 Å². The zero-order valence-corrected chi connectivity index (χ0v) is 11.4. The number of fused-ring (bicyclic) bond motifs is 1. The molecule has 1 heterocycles. The molecule has 0 aliphatic carbocycles. The molecule has 0 aliphatic rings. The van der Waals surface area contributed by atoms with Crippen molar-refractivity contribution < 1.29 is 4.39 Å². The summed E-state index contributed by atoms with van der Waals surface area (Å²) in [6.07, 6.45) is 0. The van der Waals surface area contributed by atoms with Crippen LogP contribution >= 0.6 is 11.6 Å². The molecule has 3 rings (SSSR count). The summed E-state index contributed by atoms with van der Waals surface area (Å²) in [5.41, 5.74) is 2.07. The van der Waals surface area contributed by atoms with E-state index < -0.39 is 0 Å². The Kier molecular flexibility index (Phi) is 3.52. The molecule has 0 atom stereocenters. The number of rotatable bonds is 3. The Morgan fingerprint density at radius 1 is 1.00 bits per heavy atom. The number of pyridine rings is 1. The zero-order chi connectivity index (χ0) is 13.9. The minimum atomic E-state index is -0.363. The van der Waals surface area contributed by atoms with E-state index in [1.54, 1.807) is 12.1 Å². The number of benzene rings is 2. The minimum Gasteiger partial charge on any atom is -0.376 e. The summed E-state index contributed by atoms with van der Waals surface area (Å²) in [7, 11) is 0. The van der Waals surface area contributed by atoms with Gasteiger partial charge in [0.05, 0.1) is 28.5 Å². The first-order chi connectivity index (χ1) is 9.74. The molecule has 2 nitrogen and oxygen atoms in total. The summed E-state index contributed by atoms with van der Waals surface area (Å²) in [6, 6.07) is 16.4. The van der Waals surface area contributed by atoms with Gasteiger partial charge in [0.2, 0.25) is 0 Å². The number of aromatic nitrogens is 1. The third-order valence-electron chi connectivity index (χ3n) is 3.07. The quantitative estimate of drug-likeness (QED) is 0.759. The molecule has 0 amide bonds. The van der Waals surface area contributed by atoms with Crippen molar-refractivity contribution in [1.29, 1.82) is 0 Å². The molecule has 3 aromatic rings. The molecule has 1 aromatic heterocycles. The lowest BCUT2D eigenvalue weighted by Gasteiger charge is -2.09. The van der Waals surface area contributed by atoms with Crippen molar-refractivity contribution in [2.24, 2.45) is 0 Å². The summed E-state index contributed by atoms with van der Waals surface area (Å²) in [5.74, 6) is -0.363. The fourth-order valence-corrected chi connectivity index (χ4v) is 2.28. The maximum atomic E-state index is 13.6. The molecular formula is C16H12ClFN2. The van der Waals surface area contributed by atoms with Crippen LogP contribution in [0.2, 0.25) is 5.02 Å². The lowest BCUT2D eigenvalue weighted by molar-refractivity contribution is 0.630. The molecule has 1 N–H and O–H groups in total. The average molecular weight is 287 g/mol. The number of nitrogens with zero attached hydrogens (tertiary/aromatic N) is 1. The van der Waals surface area contributed by atoms with Gasteiger partial charge in [0.25, 0.3) is 0 Å². The van der Waals surface area contributed by atoms with E-state index in [0.29, 0.717) is 17.3 Å². The first-order valence-electron chi connectivity index (χ1n) is 6.26. The number of anilines is 1. The van der Waals surface area contributed by atoms with Crippen LogP contribution in [0.25, 0.3) is 10.9 Å². The highest BCUT2D eigenvalue weighted by Crippen LogP contribution is 2.25. The van der Waals surface area contributed by atoms with Crippen LogP contribution in [0.3, 0.4) is 0 Å². The molecule has 100 valence electrons. The van der Waals surface area contributed by atoms with Crippen molar-refractivity contribution in [2.75, 3.05) is 5.32 Å². The van der Waals surface area contributed by atoms with Gasteiger partial charge >= 0.3 is 0 Å². The fourth-order valence-electron chi connectivity index (χ4n) is 2.05. The third-order valence-corrected chi connectivity index (χ3v) is 3.38. The first kappa shape index (κ1) is 12.9. The normalized spacial score (nSPS) is 10.7. The highest BCUT2D eigenvalue weighted by molar-refractivity contribution is 6.33. The average Bonchev–Trinajstić information content (AvgIpc) is 2.46. The predicted octanol–water partition coefficient (Wildman–Crippen LogP) is 4.64. The van der Waals surface area contributed by atoms with Gasteiger partial charge in [-0.2, -0.15) is 0 Å². The molecule has 2 aromatic carbocycles. The Morgan fingerprint density at radius 2 is 1.85 bits per heavy atom. The molecular weight excluding hydrogens is 275 g/mol. The Labute approximate surface area is 121 Å². The maximum absolute atomic E-state index is 13.6. The number of nitrogens with one attached hydrogen (secondary N) is 1. The molecule has 0 saturated carbocycles. The topological polar surface area (TPSA) is 24.9 Å². The van der Waals surface area contributed by atoms with E-state index in [0.717, 1.165) is 16.6 Å². The zero-order valence-electron chi connectivity index (χ0n) is 10.6. The highest BCUT2D eigenvalue weighted by atomic mass is 35.5. The SMILES string of the molecule is Fc1cccc(Cl)c1NCc1ccc2ccccc2n1. The monoisotopic (exact) mass is 286 g/mol. The first-order valence-corrected chi connectivity index (χ1v) is 6.64. The largest absolute Gasteiger partial charge is 0.376 e. The van der Waals surface area contributed by atoms with Gasteiger partial charge in [-0.15, -0.1) is 0 Å². The van der Waals surface area contributed by atoms with Gasteiger partial charge in [0.1, 0.15) is 5.82 Å². The van der Waals surface area contributed by atoms with Gasteiger partial charge in [0, 0.05) is 5.39 Å². The number of halogens is 2. The molecule has 20 heavy (non-hydrogen) atoms. The summed E-state index contributed by atoms with van der Waals surface area (Å²) in [4.78, 5) is 4.52. The van der Waals surface area contributed by atoms with Crippen molar-refractivity contribution >= 4 is 28.2 Å². The Morgan fingerprint density at radius 3 is 2.70 bits per heavy atom. The van der Waals surface area contributed by atoms with Crippen molar-refractivity contribution in [3.05, 3.63) is 71.1 Å². The Hall–Kier alpha value is -2.13. The van der Waals surface area contributed by atoms with Crippen LogP contribution in [0.4, 0.5) is 10.1 Å². The maximum Gasteiger partial charge on any atom is 0.147 e. The minimum absolute atomic E-state index is 0.309. The van der Waals surface area contributed by atoms with Crippen LogP contribution in [-0.4, -0.2) is 4.98 Å². The van der Waals surface area contributed by atoms with Crippen LogP contribution in [-0.2, 0) is 6.54 Å². The summed E-state index contributed by atoms with van der Waals surface area (Å²) in [6.45, 7) is 0.422. The highest BCUT2D eigenvalue weighted by Gasteiger charge is 2.06. The number of hydrogen-bond donors (Lipinski definition) is 1. The van der Waals surface area contributed by atoms with E-state index in [1.807, 2.05) is 36.4 Å². The van der Waals surface area contributed by atoms with E-state index in [-0.39, 0.29) is 5.82 Å².